The van der Waals surface area contributed by atoms with Gasteiger partial charge in [-0.05, 0) is 74.4 Å². The first-order chi connectivity index (χ1) is 22.5. The van der Waals surface area contributed by atoms with Gasteiger partial charge in [0.2, 0.25) is 17.7 Å². The zero-order valence-corrected chi connectivity index (χ0v) is 26.2. The van der Waals surface area contributed by atoms with Crippen LogP contribution in [0.15, 0.2) is 59.7 Å². The molecular formula is C32H45N9O6. The number of aliphatic carboxylic acids is 1. The molecule has 0 saturated carbocycles. The van der Waals surface area contributed by atoms with E-state index in [1.165, 1.54) is 12.1 Å². The summed E-state index contributed by atoms with van der Waals surface area (Å²) in [5.74, 6) is -3.22. The quantitative estimate of drug-likeness (QED) is 0.0459. The van der Waals surface area contributed by atoms with E-state index in [4.69, 9.17) is 22.9 Å². The molecule has 0 aliphatic rings. The molecule has 15 heteroatoms. The number of nitrogens with one attached hydrogen (secondary N) is 4. The van der Waals surface area contributed by atoms with Gasteiger partial charge >= 0.3 is 5.97 Å². The van der Waals surface area contributed by atoms with Crippen LogP contribution in [-0.4, -0.2) is 82.1 Å². The Balaban J connectivity index is 1.80. The van der Waals surface area contributed by atoms with E-state index < -0.39 is 47.9 Å². The molecule has 254 valence electrons. The lowest BCUT2D eigenvalue weighted by molar-refractivity contribution is -0.142. The van der Waals surface area contributed by atoms with Gasteiger partial charge in [-0.15, -0.1) is 0 Å². The molecule has 4 unspecified atom stereocenters. The number of nitrogens with zero attached hydrogens (tertiary/aromatic N) is 1. The number of amides is 3. The summed E-state index contributed by atoms with van der Waals surface area (Å²) < 4.78 is 0. The second-order valence-corrected chi connectivity index (χ2v) is 11.3. The highest BCUT2D eigenvalue weighted by Gasteiger charge is 2.31. The van der Waals surface area contributed by atoms with Crippen molar-refractivity contribution in [2.75, 3.05) is 13.1 Å². The minimum Gasteiger partial charge on any atom is -0.508 e. The zero-order valence-electron chi connectivity index (χ0n) is 26.2. The number of unbranched alkanes of at least 4 members (excludes halogenated alkanes) is 1. The first kappa shape index (κ1) is 36.3. The Hall–Kier alpha value is -5.15. The smallest absolute Gasteiger partial charge is 0.326 e. The molecule has 3 aromatic rings. The number of H-pyrrole nitrogens is 1. The molecule has 0 fully saturated rings. The topological polar surface area (TPSA) is 277 Å². The number of carboxylic acids is 1. The number of hydrogen-bond acceptors (Lipinski definition) is 8. The highest BCUT2D eigenvalue weighted by atomic mass is 16.4. The van der Waals surface area contributed by atoms with Gasteiger partial charge in [-0.25, -0.2) is 4.79 Å². The molecule has 1 heterocycles. The van der Waals surface area contributed by atoms with Crippen molar-refractivity contribution in [3.8, 4) is 5.75 Å². The molecular weight excluding hydrogens is 606 g/mol. The van der Waals surface area contributed by atoms with Crippen LogP contribution in [0.25, 0.3) is 10.9 Å². The monoisotopic (exact) mass is 651 g/mol. The first-order valence-electron chi connectivity index (χ1n) is 15.5. The summed E-state index contributed by atoms with van der Waals surface area (Å²) in [5, 5.41) is 28.1. The van der Waals surface area contributed by atoms with Crippen molar-refractivity contribution in [2.45, 2.75) is 69.1 Å². The normalized spacial score (nSPS) is 13.6. The summed E-state index contributed by atoms with van der Waals surface area (Å²) in [7, 11) is 0. The predicted molar refractivity (Wildman–Crippen MR) is 178 cm³/mol. The van der Waals surface area contributed by atoms with Crippen LogP contribution >= 0.6 is 0 Å². The van der Waals surface area contributed by atoms with Gasteiger partial charge in [0.25, 0.3) is 0 Å². The summed E-state index contributed by atoms with van der Waals surface area (Å²) in [6.45, 7) is 0.547. The van der Waals surface area contributed by atoms with Gasteiger partial charge in [-0.2, -0.15) is 0 Å². The van der Waals surface area contributed by atoms with E-state index in [1.807, 2.05) is 24.3 Å². The molecule has 4 atom stereocenters. The number of nitrogens with two attached hydrogens (primary N) is 4. The average Bonchev–Trinajstić information content (AvgIpc) is 3.45. The van der Waals surface area contributed by atoms with Crippen LogP contribution in [0.5, 0.6) is 5.75 Å². The maximum Gasteiger partial charge on any atom is 0.326 e. The van der Waals surface area contributed by atoms with Crippen LogP contribution in [0.2, 0.25) is 0 Å². The van der Waals surface area contributed by atoms with E-state index in [9.17, 15) is 29.4 Å². The number of para-hydroxylation sites is 1. The Bertz CT molecular complexity index is 1520. The summed E-state index contributed by atoms with van der Waals surface area (Å²) in [6, 6.07) is 9.26. The Morgan fingerprint density at radius 2 is 1.45 bits per heavy atom. The van der Waals surface area contributed by atoms with E-state index in [-0.39, 0.29) is 43.9 Å². The lowest BCUT2D eigenvalue weighted by Gasteiger charge is -2.25. The summed E-state index contributed by atoms with van der Waals surface area (Å²) >= 11 is 0. The molecule has 3 rings (SSSR count). The standard InChI is InChI=1S/C32H45N9O6/c33-14-4-3-8-25(29(44)40-26(31(46)47)9-5-15-37-32(35)36)39-30(45)27(17-20-18-38-24-7-2-1-6-22(20)24)41-28(43)23(34)16-19-10-12-21(42)13-11-19/h1-2,6-7,10-13,18,23,25-27,38,42H,3-5,8-9,14-17,33-34H2,(H,39,45)(H,40,44)(H,41,43)(H,46,47)(H4,35,36,37). The Morgan fingerprint density at radius 1 is 0.809 bits per heavy atom. The molecule has 47 heavy (non-hydrogen) atoms. The number of benzene rings is 2. The maximum atomic E-state index is 13.8. The van der Waals surface area contributed by atoms with E-state index in [0.29, 0.717) is 31.4 Å². The third-order valence-corrected chi connectivity index (χ3v) is 7.60. The van der Waals surface area contributed by atoms with Crippen molar-refractivity contribution in [1.29, 1.82) is 0 Å². The number of carboxylic acid groups (broad SMARTS) is 1. The SMILES string of the molecule is NCCCCC(NC(=O)C(Cc1c[nH]c2ccccc12)NC(=O)C(N)Cc1ccc(O)cc1)C(=O)NC(CCCN=C(N)N)C(=O)O. The molecule has 0 saturated heterocycles. The van der Waals surface area contributed by atoms with Gasteiger partial charge in [-0.3, -0.25) is 19.4 Å². The largest absolute Gasteiger partial charge is 0.508 e. The number of phenolic OH excluding ortho intramolecular Hbond substituents is 1. The molecule has 0 aliphatic heterocycles. The van der Waals surface area contributed by atoms with Crippen LogP contribution in [-0.2, 0) is 32.0 Å². The van der Waals surface area contributed by atoms with E-state index >= 15 is 0 Å². The number of aromatic hydroxyl groups is 1. The molecule has 1 aromatic heterocycles. The predicted octanol–water partition coefficient (Wildman–Crippen LogP) is -0.292. The van der Waals surface area contributed by atoms with E-state index in [2.05, 4.69) is 25.9 Å². The fourth-order valence-electron chi connectivity index (χ4n) is 5.05. The Labute approximate surface area is 272 Å². The number of carbonyl (C=O) groups excluding carboxylic acids is 3. The van der Waals surface area contributed by atoms with Crippen LogP contribution in [0.3, 0.4) is 0 Å². The average molecular weight is 652 g/mol. The first-order valence-corrected chi connectivity index (χ1v) is 15.5. The lowest BCUT2D eigenvalue weighted by atomic mass is 10.0. The minimum atomic E-state index is -1.25. The van der Waals surface area contributed by atoms with Crippen LogP contribution in [0.4, 0.5) is 0 Å². The third-order valence-electron chi connectivity index (χ3n) is 7.60. The van der Waals surface area contributed by atoms with E-state index in [0.717, 1.165) is 16.5 Å². The second kappa shape index (κ2) is 18.1. The summed E-state index contributed by atoms with van der Waals surface area (Å²) in [4.78, 5) is 59.4. The van der Waals surface area contributed by atoms with E-state index in [1.54, 1.807) is 18.3 Å². The molecule has 2 aromatic carbocycles. The molecule has 0 spiro atoms. The van der Waals surface area contributed by atoms with Crippen LogP contribution in [0, 0.1) is 0 Å². The van der Waals surface area contributed by atoms with Crippen molar-refractivity contribution in [1.82, 2.24) is 20.9 Å². The number of carbonyl (C=O) groups is 4. The second-order valence-electron chi connectivity index (χ2n) is 11.3. The van der Waals surface area contributed by atoms with Crippen molar-refractivity contribution in [3.05, 3.63) is 65.9 Å². The van der Waals surface area contributed by atoms with Crippen LogP contribution < -0.4 is 38.9 Å². The van der Waals surface area contributed by atoms with Gasteiger partial charge in [0.15, 0.2) is 5.96 Å². The van der Waals surface area contributed by atoms with Crippen molar-refractivity contribution in [3.63, 3.8) is 0 Å². The van der Waals surface area contributed by atoms with Crippen molar-refractivity contribution in [2.24, 2.45) is 27.9 Å². The number of guanidine groups is 1. The number of hydrogen-bond donors (Lipinski definition) is 10. The van der Waals surface area contributed by atoms with Crippen molar-refractivity contribution < 1.29 is 29.4 Å². The number of fused-ring (bicyclic) bond motifs is 1. The van der Waals surface area contributed by atoms with Gasteiger partial charge in [0.05, 0.1) is 6.04 Å². The highest BCUT2D eigenvalue weighted by molar-refractivity contribution is 5.95. The number of aliphatic imine (C=N–C) groups is 1. The van der Waals surface area contributed by atoms with Gasteiger partial charge < -0.3 is 54.1 Å². The molecule has 14 N–H and O–H groups in total. The molecule has 0 bridgehead atoms. The number of aromatic nitrogens is 1. The van der Waals surface area contributed by atoms with Gasteiger partial charge in [0.1, 0.15) is 23.9 Å². The fourth-order valence-corrected chi connectivity index (χ4v) is 5.05. The molecule has 0 aliphatic carbocycles. The number of aromatic amines is 1. The maximum absolute atomic E-state index is 13.8. The number of phenols is 1. The lowest BCUT2D eigenvalue weighted by Crippen LogP contribution is -2.57. The fraction of sp³-hybridized carbons (Fsp3) is 0.406. The third kappa shape index (κ3) is 11.6. The number of rotatable bonds is 19. The van der Waals surface area contributed by atoms with Crippen LogP contribution in [0.1, 0.15) is 43.2 Å². The molecule has 15 nitrogen and oxygen atoms in total. The zero-order chi connectivity index (χ0) is 34.3. The Kier molecular flexibility index (Phi) is 14.0. The summed E-state index contributed by atoms with van der Waals surface area (Å²) in [6.07, 6.45) is 3.56. The van der Waals surface area contributed by atoms with Gasteiger partial charge in [0, 0.05) is 30.1 Å². The van der Waals surface area contributed by atoms with Gasteiger partial charge in [-0.1, -0.05) is 30.3 Å². The molecule has 0 radical (unpaired) electrons. The molecule has 3 amide bonds. The summed E-state index contributed by atoms with van der Waals surface area (Å²) in [5.41, 5.74) is 24.8. The Morgan fingerprint density at radius 3 is 2.13 bits per heavy atom. The van der Waals surface area contributed by atoms with Crippen molar-refractivity contribution >= 4 is 40.6 Å². The minimum absolute atomic E-state index is 0.0550. The highest BCUT2D eigenvalue weighted by Crippen LogP contribution is 2.20.